The Labute approximate surface area is 124 Å². The van der Waals surface area contributed by atoms with Crippen LogP contribution >= 0.6 is 0 Å². The molecule has 2 aromatic rings. The van der Waals surface area contributed by atoms with Gasteiger partial charge in [0.1, 0.15) is 5.82 Å². The van der Waals surface area contributed by atoms with Gasteiger partial charge in [0.15, 0.2) is 0 Å². The van der Waals surface area contributed by atoms with E-state index >= 15 is 0 Å². The fourth-order valence-electron chi connectivity index (χ4n) is 1.92. The first-order valence-electron chi connectivity index (χ1n) is 6.00. The Morgan fingerprint density at radius 2 is 1.83 bits per heavy atom. The Kier molecular flexibility index (Phi) is 3.91. The number of rotatable bonds is 2. The van der Waals surface area contributed by atoms with E-state index in [1.54, 1.807) is 0 Å². The van der Waals surface area contributed by atoms with Crippen LogP contribution in [0, 0.1) is 0 Å². The van der Waals surface area contributed by atoms with Gasteiger partial charge in [-0.15, -0.1) is 0 Å². The van der Waals surface area contributed by atoms with E-state index in [0.29, 0.717) is 6.07 Å². The van der Waals surface area contributed by atoms with Gasteiger partial charge in [0.2, 0.25) is 0 Å². The Bertz CT molecular complexity index is 750. The summed E-state index contributed by atoms with van der Waals surface area (Å²) in [7, 11) is 1.14. The summed E-state index contributed by atoms with van der Waals surface area (Å²) in [5, 5.41) is 8.71. The molecule has 0 radical (unpaired) electrons. The number of benzene rings is 1. The number of aromatic amines is 1. The van der Waals surface area contributed by atoms with Crippen LogP contribution in [0.15, 0.2) is 12.1 Å². The van der Waals surface area contributed by atoms with E-state index in [9.17, 15) is 31.1 Å². The average Bonchev–Trinajstić information content (AvgIpc) is 2.76. The third-order valence-corrected chi connectivity index (χ3v) is 2.99. The Morgan fingerprint density at radius 3 is 2.30 bits per heavy atom. The molecule has 0 saturated carbocycles. The van der Waals surface area contributed by atoms with Crippen LogP contribution in [-0.4, -0.2) is 33.1 Å². The van der Waals surface area contributed by atoms with E-state index < -0.39 is 47.2 Å². The second kappa shape index (κ2) is 5.32. The lowest BCUT2D eigenvalue weighted by Gasteiger charge is -2.12. The van der Waals surface area contributed by atoms with Gasteiger partial charge in [0.05, 0.1) is 28.7 Å². The molecule has 1 aromatic heterocycles. The summed E-state index contributed by atoms with van der Waals surface area (Å²) in [4.78, 5) is 17.3. The number of carboxylic acid groups (broad SMARTS) is 1. The number of hydrogen-bond acceptors (Lipinski definition) is 2. The maximum atomic E-state index is 13.0. The zero-order chi connectivity index (χ0) is 17.6. The van der Waals surface area contributed by atoms with Crippen molar-refractivity contribution < 1.29 is 36.2 Å². The molecule has 23 heavy (non-hydrogen) atoms. The van der Waals surface area contributed by atoms with Crippen molar-refractivity contribution in [3.05, 3.63) is 29.1 Å². The fourth-order valence-corrected chi connectivity index (χ4v) is 1.92. The maximum absolute atomic E-state index is 13.0. The molecule has 0 aliphatic carbocycles. The van der Waals surface area contributed by atoms with Crippen LogP contribution in [0.1, 0.15) is 17.0 Å². The molecule has 0 fully saturated rings. The zero-order valence-corrected chi connectivity index (χ0v) is 11.4. The summed E-state index contributed by atoms with van der Waals surface area (Å²) in [6, 6.07) is 0.469. The molecule has 2 rings (SSSR count). The molecule has 1 heterocycles. The predicted molar refractivity (Wildman–Crippen MR) is 65.6 cm³/mol. The van der Waals surface area contributed by atoms with Crippen LogP contribution < -0.4 is 0 Å². The monoisotopic (exact) mass is 341 g/mol. The molecule has 11 heteroatoms. The highest BCUT2D eigenvalue weighted by atomic mass is 19.4. The molecule has 0 spiro atoms. The van der Waals surface area contributed by atoms with E-state index in [4.69, 9.17) is 5.11 Å². The second-order valence-corrected chi connectivity index (χ2v) is 4.74. The summed E-state index contributed by atoms with van der Waals surface area (Å²) < 4.78 is 77.0. The summed E-state index contributed by atoms with van der Waals surface area (Å²) in [5.41, 5.74) is -4.17. The van der Waals surface area contributed by atoms with Crippen LogP contribution in [-0.2, 0) is 18.9 Å². The van der Waals surface area contributed by atoms with Crippen molar-refractivity contribution in [3.8, 4) is 0 Å². The quantitative estimate of drug-likeness (QED) is 0.818. The van der Waals surface area contributed by atoms with Crippen LogP contribution in [0.5, 0.6) is 0 Å². The number of halogens is 6. The molecule has 0 bridgehead atoms. The van der Waals surface area contributed by atoms with Gasteiger partial charge in [-0.2, -0.15) is 26.3 Å². The topological polar surface area (TPSA) is 69.2 Å². The molecule has 2 N–H and O–H groups in total. The molecule has 0 unspecified atom stereocenters. The van der Waals surface area contributed by atoms with Gasteiger partial charge in [-0.3, -0.25) is 0 Å². The Balaban J connectivity index is 2.61. The lowest BCUT2D eigenvalue weighted by Crippen LogP contribution is -2.24. The minimum Gasteiger partial charge on any atom is -0.465 e. The van der Waals surface area contributed by atoms with Gasteiger partial charge in [-0.05, 0) is 12.1 Å². The minimum atomic E-state index is -5.03. The molecule has 1 amide bonds. The first-order chi connectivity index (χ1) is 10.4. The van der Waals surface area contributed by atoms with Crippen LogP contribution in [0.25, 0.3) is 11.0 Å². The highest BCUT2D eigenvalue weighted by molar-refractivity contribution is 5.80. The predicted octanol–water partition coefficient (Wildman–Crippen LogP) is 3.71. The summed E-state index contributed by atoms with van der Waals surface area (Å²) >= 11 is 0. The Hall–Kier alpha value is -2.46. The van der Waals surface area contributed by atoms with Crippen molar-refractivity contribution in [2.75, 3.05) is 7.05 Å². The SMILES string of the molecule is CN(Cc1nc2cc(C(F)(F)F)cc(C(F)(F)F)c2[nH]1)C(=O)O. The van der Waals surface area contributed by atoms with Gasteiger partial charge < -0.3 is 15.0 Å². The Morgan fingerprint density at radius 1 is 1.22 bits per heavy atom. The van der Waals surface area contributed by atoms with Crippen LogP contribution in [0.4, 0.5) is 31.1 Å². The van der Waals surface area contributed by atoms with Crippen molar-refractivity contribution in [1.29, 1.82) is 0 Å². The maximum Gasteiger partial charge on any atom is 0.418 e. The minimum absolute atomic E-state index is 0.00873. The van der Waals surface area contributed by atoms with Crippen LogP contribution in [0.3, 0.4) is 0 Å². The number of alkyl halides is 6. The fraction of sp³-hybridized carbons (Fsp3) is 0.333. The molecule has 5 nitrogen and oxygen atoms in total. The van der Waals surface area contributed by atoms with Gasteiger partial charge in [-0.1, -0.05) is 0 Å². The lowest BCUT2D eigenvalue weighted by molar-refractivity contribution is -0.142. The molecular weight excluding hydrogens is 332 g/mol. The number of H-pyrrole nitrogens is 1. The molecule has 0 atom stereocenters. The molecule has 126 valence electrons. The smallest absolute Gasteiger partial charge is 0.418 e. The van der Waals surface area contributed by atoms with Crippen LogP contribution in [0.2, 0.25) is 0 Å². The number of nitrogens with zero attached hydrogens (tertiary/aromatic N) is 2. The molecule has 1 aromatic carbocycles. The molecule has 0 aliphatic rings. The van der Waals surface area contributed by atoms with Gasteiger partial charge >= 0.3 is 18.4 Å². The van der Waals surface area contributed by atoms with Crippen molar-refractivity contribution in [3.63, 3.8) is 0 Å². The van der Waals surface area contributed by atoms with Crippen molar-refractivity contribution in [2.24, 2.45) is 0 Å². The second-order valence-electron chi connectivity index (χ2n) is 4.74. The van der Waals surface area contributed by atoms with Gasteiger partial charge in [0, 0.05) is 7.05 Å². The molecule has 0 saturated heterocycles. The number of carbonyl (C=O) groups is 1. The van der Waals surface area contributed by atoms with Gasteiger partial charge in [0.25, 0.3) is 0 Å². The highest BCUT2D eigenvalue weighted by Gasteiger charge is 2.39. The number of nitrogens with one attached hydrogen (secondary N) is 1. The molecule has 0 aliphatic heterocycles. The third kappa shape index (κ3) is 3.48. The summed E-state index contributed by atoms with van der Waals surface area (Å²) in [6.07, 6.45) is -11.4. The molecular formula is C12H9F6N3O2. The third-order valence-electron chi connectivity index (χ3n) is 2.99. The largest absolute Gasteiger partial charge is 0.465 e. The number of aromatic nitrogens is 2. The van der Waals surface area contributed by atoms with E-state index in [2.05, 4.69) is 9.97 Å². The van der Waals surface area contributed by atoms with Gasteiger partial charge in [-0.25, -0.2) is 9.78 Å². The normalized spacial score (nSPS) is 12.7. The first kappa shape index (κ1) is 16.9. The number of imidazole rings is 1. The van der Waals surface area contributed by atoms with E-state index in [1.165, 1.54) is 0 Å². The number of amides is 1. The van der Waals surface area contributed by atoms with Crippen molar-refractivity contribution in [2.45, 2.75) is 18.9 Å². The summed E-state index contributed by atoms with van der Waals surface area (Å²) in [5.74, 6) is -0.199. The standard InChI is InChI=1S/C12H9F6N3O2/c1-21(10(22)23)4-8-19-7-3-5(11(13,14)15)2-6(9(7)20-8)12(16,17)18/h2-3H,4H2,1H3,(H,19,20)(H,22,23). The van der Waals surface area contributed by atoms with E-state index in [0.717, 1.165) is 11.9 Å². The lowest BCUT2D eigenvalue weighted by atomic mass is 10.1. The van der Waals surface area contributed by atoms with E-state index in [-0.39, 0.29) is 11.9 Å². The average molecular weight is 341 g/mol. The summed E-state index contributed by atoms with van der Waals surface area (Å²) in [6.45, 7) is -0.400. The van der Waals surface area contributed by atoms with Crippen molar-refractivity contribution in [1.82, 2.24) is 14.9 Å². The zero-order valence-electron chi connectivity index (χ0n) is 11.4. The highest BCUT2D eigenvalue weighted by Crippen LogP contribution is 2.39. The van der Waals surface area contributed by atoms with Crippen molar-refractivity contribution >= 4 is 17.1 Å². The first-order valence-corrected chi connectivity index (χ1v) is 6.00. The van der Waals surface area contributed by atoms with E-state index in [1.807, 2.05) is 0 Å². The number of fused-ring (bicyclic) bond motifs is 1. The number of hydrogen-bond donors (Lipinski definition) is 2.